The first-order valence-corrected chi connectivity index (χ1v) is 4.53. The third-order valence-electron chi connectivity index (χ3n) is 1.39. The summed E-state index contributed by atoms with van der Waals surface area (Å²) in [5.41, 5.74) is 0. The van der Waals surface area contributed by atoms with Crippen LogP contribution in [0.4, 0.5) is 0 Å². The minimum Gasteiger partial charge on any atom is -0.394 e. The number of aliphatic hydroxyl groups excluding tert-OH is 4. The van der Waals surface area contributed by atoms with Gasteiger partial charge in [-0.2, -0.15) is 0 Å². The number of carbonyl (C=O) groups is 1. The average molecular weight is 290 g/mol. The van der Waals surface area contributed by atoms with Crippen LogP contribution >= 0.6 is 22.6 Å². The lowest BCUT2D eigenvalue weighted by Gasteiger charge is -2.22. The van der Waals surface area contributed by atoms with Gasteiger partial charge in [-0.05, 0) is 0 Å². The summed E-state index contributed by atoms with van der Waals surface area (Å²) >= 11 is 1.63. The lowest BCUT2D eigenvalue weighted by atomic mass is 10.1. The lowest BCUT2D eigenvalue weighted by Crippen LogP contribution is -2.44. The molecule has 0 saturated carbocycles. The van der Waals surface area contributed by atoms with Crippen molar-refractivity contribution in [1.82, 2.24) is 0 Å². The summed E-state index contributed by atoms with van der Waals surface area (Å²) in [5.74, 6) is 0. The second-order valence-electron chi connectivity index (χ2n) is 2.31. The Bertz CT molecular complexity index is 142. The molecule has 0 aromatic heterocycles. The summed E-state index contributed by atoms with van der Waals surface area (Å²) in [6.45, 7) is -0.652. The number of aliphatic hydroxyl groups is 4. The molecular weight excluding hydrogens is 279 g/mol. The molecule has 6 heteroatoms. The van der Waals surface area contributed by atoms with Crippen molar-refractivity contribution in [3.8, 4) is 0 Å². The standard InChI is InChI=1S/C6H11IO5/c7-3(1-8)5(11)6(12)4(10)2-9/h1,3-6,9-12H,2H2. The molecule has 4 N–H and O–H groups in total. The van der Waals surface area contributed by atoms with Gasteiger partial charge in [0, 0.05) is 0 Å². The van der Waals surface area contributed by atoms with Gasteiger partial charge in [-0.3, -0.25) is 0 Å². The molecule has 0 bridgehead atoms. The highest BCUT2D eigenvalue weighted by Gasteiger charge is 2.29. The Balaban J connectivity index is 4.07. The first kappa shape index (κ1) is 12.2. The summed E-state index contributed by atoms with van der Waals surface area (Å²) in [4.78, 5) is 10.1. The molecule has 0 aliphatic carbocycles. The van der Waals surface area contributed by atoms with E-state index < -0.39 is 28.8 Å². The fourth-order valence-electron chi connectivity index (χ4n) is 0.604. The van der Waals surface area contributed by atoms with Crippen LogP contribution in [-0.4, -0.2) is 55.6 Å². The highest BCUT2D eigenvalue weighted by Crippen LogP contribution is 2.10. The van der Waals surface area contributed by atoms with Crippen LogP contribution in [0.1, 0.15) is 0 Å². The topological polar surface area (TPSA) is 98.0 Å². The number of halogens is 1. The molecule has 12 heavy (non-hydrogen) atoms. The van der Waals surface area contributed by atoms with Crippen LogP contribution in [0, 0.1) is 0 Å². The van der Waals surface area contributed by atoms with E-state index >= 15 is 0 Å². The number of hydrogen-bond donors (Lipinski definition) is 4. The van der Waals surface area contributed by atoms with E-state index in [1.54, 1.807) is 22.6 Å². The van der Waals surface area contributed by atoms with E-state index in [0.717, 1.165) is 0 Å². The normalized spacial score (nSPS) is 21.1. The van der Waals surface area contributed by atoms with Crippen molar-refractivity contribution >= 4 is 28.9 Å². The first-order chi connectivity index (χ1) is 5.54. The van der Waals surface area contributed by atoms with Gasteiger partial charge in [0.1, 0.15) is 24.6 Å². The molecule has 0 rings (SSSR count). The van der Waals surface area contributed by atoms with Gasteiger partial charge in [0.15, 0.2) is 0 Å². The molecule has 0 fully saturated rings. The van der Waals surface area contributed by atoms with Crippen molar-refractivity contribution in [1.29, 1.82) is 0 Å². The number of carbonyl (C=O) groups excluding carboxylic acids is 1. The SMILES string of the molecule is O=CC(I)C(O)C(O)C(O)CO. The Morgan fingerprint density at radius 3 is 2.08 bits per heavy atom. The predicted molar refractivity (Wildman–Crippen MR) is 49.0 cm³/mol. The Kier molecular flexibility index (Phi) is 5.93. The molecule has 0 aliphatic heterocycles. The lowest BCUT2D eigenvalue weighted by molar-refractivity contribution is -0.113. The molecule has 4 atom stereocenters. The largest absolute Gasteiger partial charge is 0.394 e. The van der Waals surface area contributed by atoms with E-state index in [-0.39, 0.29) is 0 Å². The summed E-state index contributed by atoms with van der Waals surface area (Å²) in [6.07, 6.45) is -3.82. The van der Waals surface area contributed by atoms with Crippen molar-refractivity contribution in [2.24, 2.45) is 0 Å². The van der Waals surface area contributed by atoms with Crippen molar-refractivity contribution in [3.05, 3.63) is 0 Å². The van der Waals surface area contributed by atoms with E-state index in [1.807, 2.05) is 0 Å². The van der Waals surface area contributed by atoms with E-state index in [4.69, 9.17) is 20.4 Å². The summed E-state index contributed by atoms with van der Waals surface area (Å²) < 4.78 is -0.793. The number of hydrogen-bond acceptors (Lipinski definition) is 5. The van der Waals surface area contributed by atoms with Gasteiger partial charge in [0.2, 0.25) is 0 Å². The van der Waals surface area contributed by atoms with Crippen molar-refractivity contribution in [2.75, 3.05) is 6.61 Å². The van der Waals surface area contributed by atoms with Crippen LogP contribution in [0.2, 0.25) is 0 Å². The van der Waals surface area contributed by atoms with E-state index in [0.29, 0.717) is 6.29 Å². The number of alkyl halides is 1. The van der Waals surface area contributed by atoms with Gasteiger partial charge in [-0.15, -0.1) is 0 Å². The van der Waals surface area contributed by atoms with Crippen LogP contribution in [0.3, 0.4) is 0 Å². The van der Waals surface area contributed by atoms with Crippen LogP contribution in [0.5, 0.6) is 0 Å². The molecule has 4 unspecified atom stereocenters. The molecule has 0 aromatic carbocycles. The highest BCUT2D eigenvalue weighted by molar-refractivity contribution is 14.1. The van der Waals surface area contributed by atoms with Gasteiger partial charge in [0.05, 0.1) is 10.5 Å². The Morgan fingerprint density at radius 1 is 1.25 bits per heavy atom. The monoisotopic (exact) mass is 290 g/mol. The molecule has 0 saturated heterocycles. The molecule has 0 radical (unpaired) electrons. The minimum atomic E-state index is -1.50. The molecule has 5 nitrogen and oxygen atoms in total. The second kappa shape index (κ2) is 5.81. The van der Waals surface area contributed by atoms with Gasteiger partial charge in [-0.1, -0.05) is 22.6 Å². The smallest absolute Gasteiger partial charge is 0.135 e. The summed E-state index contributed by atoms with van der Waals surface area (Å²) in [7, 11) is 0. The summed E-state index contributed by atoms with van der Waals surface area (Å²) in [6, 6.07) is 0. The Labute approximate surface area is 83.2 Å². The van der Waals surface area contributed by atoms with Gasteiger partial charge >= 0.3 is 0 Å². The van der Waals surface area contributed by atoms with Gasteiger partial charge in [0.25, 0.3) is 0 Å². The van der Waals surface area contributed by atoms with E-state index in [1.165, 1.54) is 0 Å². The molecule has 0 aliphatic rings. The molecule has 0 aromatic rings. The first-order valence-electron chi connectivity index (χ1n) is 3.29. The van der Waals surface area contributed by atoms with Crippen LogP contribution in [-0.2, 0) is 4.79 Å². The maximum Gasteiger partial charge on any atom is 0.135 e. The second-order valence-corrected chi connectivity index (χ2v) is 3.75. The van der Waals surface area contributed by atoms with Crippen molar-refractivity contribution in [2.45, 2.75) is 22.2 Å². The molecular formula is C6H11IO5. The zero-order valence-corrected chi connectivity index (χ0v) is 8.33. The minimum absolute atomic E-state index is 0.457. The predicted octanol–water partition coefficient (Wildman–Crippen LogP) is -1.94. The molecule has 0 amide bonds. The maximum absolute atomic E-state index is 10.1. The fourth-order valence-corrected chi connectivity index (χ4v) is 1.03. The number of aldehydes is 1. The highest BCUT2D eigenvalue weighted by atomic mass is 127. The van der Waals surface area contributed by atoms with Crippen LogP contribution in [0.25, 0.3) is 0 Å². The quantitative estimate of drug-likeness (QED) is 0.268. The average Bonchev–Trinajstić information content (AvgIpc) is 2.12. The van der Waals surface area contributed by atoms with Crippen LogP contribution < -0.4 is 0 Å². The van der Waals surface area contributed by atoms with Crippen LogP contribution in [0.15, 0.2) is 0 Å². The van der Waals surface area contributed by atoms with E-state index in [2.05, 4.69) is 0 Å². The molecule has 0 heterocycles. The van der Waals surface area contributed by atoms with E-state index in [9.17, 15) is 4.79 Å². The zero-order chi connectivity index (χ0) is 9.72. The third-order valence-corrected chi connectivity index (χ3v) is 2.42. The zero-order valence-electron chi connectivity index (χ0n) is 6.17. The van der Waals surface area contributed by atoms with Gasteiger partial charge < -0.3 is 25.2 Å². The van der Waals surface area contributed by atoms with Crippen molar-refractivity contribution < 1.29 is 25.2 Å². The van der Waals surface area contributed by atoms with Crippen molar-refractivity contribution in [3.63, 3.8) is 0 Å². The Morgan fingerprint density at radius 2 is 1.75 bits per heavy atom. The maximum atomic E-state index is 10.1. The Hall–Kier alpha value is 0.240. The number of rotatable bonds is 5. The summed E-state index contributed by atoms with van der Waals surface area (Å²) in [5, 5.41) is 35.5. The third kappa shape index (κ3) is 3.31. The fraction of sp³-hybridized carbons (Fsp3) is 0.833. The molecule has 0 spiro atoms. The molecule has 72 valence electrons. The van der Waals surface area contributed by atoms with Gasteiger partial charge in [-0.25, -0.2) is 0 Å².